The van der Waals surface area contributed by atoms with Gasteiger partial charge in [0.1, 0.15) is 17.3 Å². The Morgan fingerprint density at radius 2 is 1.75 bits per heavy atom. The molecule has 1 saturated heterocycles. The van der Waals surface area contributed by atoms with Gasteiger partial charge in [0.25, 0.3) is 0 Å². The summed E-state index contributed by atoms with van der Waals surface area (Å²) in [4.78, 5) is 21.8. The van der Waals surface area contributed by atoms with Crippen molar-refractivity contribution in [1.29, 1.82) is 0 Å². The van der Waals surface area contributed by atoms with Crippen LogP contribution in [0, 0.1) is 5.92 Å². The van der Waals surface area contributed by atoms with Gasteiger partial charge in [-0.2, -0.15) is 0 Å². The van der Waals surface area contributed by atoms with Crippen LogP contribution in [0.2, 0.25) is 0 Å². The maximum absolute atomic E-state index is 12.5. The third-order valence-electron chi connectivity index (χ3n) is 5.17. The summed E-state index contributed by atoms with van der Waals surface area (Å²) in [6.07, 6.45) is 1.55. The highest BCUT2D eigenvalue weighted by Crippen LogP contribution is 2.37. The molecule has 2 heterocycles. The van der Waals surface area contributed by atoms with Gasteiger partial charge in [-0.05, 0) is 36.6 Å². The van der Waals surface area contributed by atoms with Crippen molar-refractivity contribution in [3.8, 4) is 11.5 Å². The van der Waals surface area contributed by atoms with E-state index in [4.69, 9.17) is 9.73 Å². The Hall–Kier alpha value is -2.82. The molecule has 0 spiro atoms. The van der Waals surface area contributed by atoms with E-state index >= 15 is 0 Å². The largest absolute Gasteiger partial charge is 0.454 e. The molecule has 0 unspecified atom stereocenters. The van der Waals surface area contributed by atoms with E-state index < -0.39 is 0 Å². The van der Waals surface area contributed by atoms with Crippen molar-refractivity contribution in [3.63, 3.8) is 0 Å². The second-order valence-corrected chi connectivity index (χ2v) is 7.82. The minimum Gasteiger partial charge on any atom is -0.454 e. The van der Waals surface area contributed by atoms with Crippen LogP contribution in [0.15, 0.2) is 53.5 Å². The van der Waals surface area contributed by atoms with Gasteiger partial charge in [-0.1, -0.05) is 38.1 Å². The van der Waals surface area contributed by atoms with E-state index in [-0.39, 0.29) is 5.91 Å². The minimum atomic E-state index is 0.258. The molecule has 0 N–H and O–H groups in total. The number of hydrogen-bond donors (Lipinski definition) is 0. The average Bonchev–Trinajstić information content (AvgIpc) is 3.02. The summed E-state index contributed by atoms with van der Waals surface area (Å²) >= 11 is 0. The zero-order chi connectivity index (χ0) is 19.5. The van der Waals surface area contributed by atoms with Gasteiger partial charge in [-0.25, -0.2) is 4.99 Å². The number of para-hydroxylation sites is 3. The number of amides is 1. The van der Waals surface area contributed by atoms with Crippen molar-refractivity contribution < 1.29 is 9.53 Å². The Balaban J connectivity index is 1.62. The Labute approximate surface area is 166 Å². The maximum atomic E-state index is 12.5. The average molecular weight is 377 g/mol. The van der Waals surface area contributed by atoms with Crippen molar-refractivity contribution in [2.45, 2.75) is 26.7 Å². The van der Waals surface area contributed by atoms with Gasteiger partial charge in [0, 0.05) is 32.6 Å². The fourth-order valence-corrected chi connectivity index (χ4v) is 3.77. The summed E-state index contributed by atoms with van der Waals surface area (Å²) < 4.78 is 6.15. The molecule has 0 saturated carbocycles. The standard InChI is InChI=1S/C23H27N3O2/c1-17(2)16-22(27)25-12-7-13-26(15-14-25)23-18-8-3-5-10-20(18)28-21-11-6-4-9-19(21)24-23/h3-6,8-11,17H,7,12-16H2,1-2H3. The van der Waals surface area contributed by atoms with Gasteiger partial charge in [0.05, 0.1) is 5.56 Å². The maximum Gasteiger partial charge on any atom is 0.222 e. The van der Waals surface area contributed by atoms with Crippen molar-refractivity contribution in [1.82, 2.24) is 9.80 Å². The first-order valence-electron chi connectivity index (χ1n) is 10.1. The Kier molecular flexibility index (Phi) is 5.33. The number of amidine groups is 1. The predicted octanol–water partition coefficient (Wildman–Crippen LogP) is 4.45. The highest BCUT2D eigenvalue weighted by atomic mass is 16.5. The molecule has 2 aliphatic heterocycles. The lowest BCUT2D eigenvalue weighted by Crippen LogP contribution is -2.38. The zero-order valence-electron chi connectivity index (χ0n) is 16.6. The van der Waals surface area contributed by atoms with E-state index in [0.29, 0.717) is 12.3 Å². The summed E-state index contributed by atoms with van der Waals surface area (Å²) in [7, 11) is 0. The molecule has 146 valence electrons. The van der Waals surface area contributed by atoms with Crippen molar-refractivity contribution in [3.05, 3.63) is 54.1 Å². The van der Waals surface area contributed by atoms with Gasteiger partial charge in [-0.15, -0.1) is 0 Å². The number of carbonyl (C=O) groups excluding carboxylic acids is 1. The number of benzene rings is 2. The van der Waals surface area contributed by atoms with Crippen LogP contribution in [0.1, 0.15) is 32.3 Å². The van der Waals surface area contributed by atoms with Crippen molar-refractivity contribution in [2.24, 2.45) is 10.9 Å². The van der Waals surface area contributed by atoms with Gasteiger partial charge < -0.3 is 14.5 Å². The lowest BCUT2D eigenvalue weighted by molar-refractivity contribution is -0.131. The molecular weight excluding hydrogens is 350 g/mol. The monoisotopic (exact) mass is 377 g/mol. The number of fused-ring (bicyclic) bond motifs is 2. The quantitative estimate of drug-likeness (QED) is 0.777. The van der Waals surface area contributed by atoms with E-state index in [9.17, 15) is 4.79 Å². The van der Waals surface area contributed by atoms with E-state index in [1.807, 2.05) is 47.4 Å². The van der Waals surface area contributed by atoms with Gasteiger partial charge in [-0.3, -0.25) is 4.79 Å². The molecule has 28 heavy (non-hydrogen) atoms. The fourth-order valence-electron chi connectivity index (χ4n) is 3.77. The van der Waals surface area contributed by atoms with Crippen LogP contribution in [-0.2, 0) is 4.79 Å². The number of rotatable bonds is 2. The molecule has 2 aromatic rings. The van der Waals surface area contributed by atoms with Crippen LogP contribution in [0.4, 0.5) is 5.69 Å². The normalized spacial score (nSPS) is 16.5. The predicted molar refractivity (Wildman–Crippen MR) is 111 cm³/mol. The Morgan fingerprint density at radius 1 is 1.00 bits per heavy atom. The van der Waals surface area contributed by atoms with Gasteiger partial charge in [0.15, 0.2) is 5.75 Å². The molecular formula is C23H27N3O2. The zero-order valence-corrected chi connectivity index (χ0v) is 16.6. The first kappa shape index (κ1) is 18.5. The Morgan fingerprint density at radius 3 is 2.57 bits per heavy atom. The van der Waals surface area contributed by atoms with Crippen molar-refractivity contribution >= 4 is 17.4 Å². The number of hydrogen-bond acceptors (Lipinski definition) is 4. The van der Waals surface area contributed by atoms with E-state index in [1.165, 1.54) is 0 Å². The van der Waals surface area contributed by atoms with E-state index in [2.05, 4.69) is 24.8 Å². The topological polar surface area (TPSA) is 45.1 Å². The van der Waals surface area contributed by atoms with Crippen LogP contribution in [0.5, 0.6) is 11.5 Å². The molecule has 0 aromatic heterocycles. The summed E-state index contributed by atoms with van der Waals surface area (Å²) in [6.45, 7) is 7.38. The lowest BCUT2D eigenvalue weighted by Gasteiger charge is -2.25. The first-order valence-corrected chi connectivity index (χ1v) is 10.1. The number of aliphatic imine (C=N–C) groups is 1. The smallest absolute Gasteiger partial charge is 0.222 e. The molecule has 5 nitrogen and oxygen atoms in total. The van der Waals surface area contributed by atoms with Crippen LogP contribution in [0.25, 0.3) is 0 Å². The van der Waals surface area contributed by atoms with Crippen LogP contribution < -0.4 is 4.74 Å². The third-order valence-corrected chi connectivity index (χ3v) is 5.17. The first-order chi connectivity index (χ1) is 13.6. The summed E-state index contributed by atoms with van der Waals surface area (Å²) in [6, 6.07) is 15.9. The van der Waals surface area contributed by atoms with Gasteiger partial charge >= 0.3 is 0 Å². The molecule has 0 radical (unpaired) electrons. The SMILES string of the molecule is CC(C)CC(=O)N1CCCN(C2=Nc3ccccc3Oc3ccccc32)CC1. The molecule has 1 amide bonds. The molecule has 2 aliphatic rings. The van der Waals surface area contributed by atoms with Crippen molar-refractivity contribution in [2.75, 3.05) is 26.2 Å². The summed E-state index contributed by atoms with van der Waals surface area (Å²) in [5.41, 5.74) is 1.84. The van der Waals surface area contributed by atoms with E-state index in [1.54, 1.807) is 0 Å². The summed E-state index contributed by atoms with van der Waals surface area (Å²) in [5.74, 6) is 3.17. The summed E-state index contributed by atoms with van der Waals surface area (Å²) in [5, 5.41) is 0. The number of carbonyl (C=O) groups is 1. The van der Waals surface area contributed by atoms with Crippen LogP contribution >= 0.6 is 0 Å². The van der Waals surface area contributed by atoms with Crippen LogP contribution in [0.3, 0.4) is 0 Å². The van der Waals surface area contributed by atoms with E-state index in [0.717, 1.165) is 61.2 Å². The Bertz CT molecular complexity index is 891. The molecule has 0 atom stereocenters. The number of nitrogens with zero attached hydrogens (tertiary/aromatic N) is 3. The second-order valence-electron chi connectivity index (χ2n) is 7.82. The van der Waals surface area contributed by atoms with Gasteiger partial charge in [0.2, 0.25) is 5.91 Å². The van der Waals surface area contributed by atoms with Crippen LogP contribution in [-0.4, -0.2) is 47.7 Å². The molecule has 2 aromatic carbocycles. The third kappa shape index (κ3) is 3.88. The molecule has 0 bridgehead atoms. The molecule has 0 aliphatic carbocycles. The highest BCUT2D eigenvalue weighted by Gasteiger charge is 2.25. The second kappa shape index (κ2) is 8.05. The molecule has 4 rings (SSSR count). The molecule has 5 heteroatoms. The number of ether oxygens (including phenoxy) is 1. The highest BCUT2D eigenvalue weighted by molar-refractivity contribution is 6.03. The minimum absolute atomic E-state index is 0.258. The molecule has 1 fully saturated rings. The fraction of sp³-hybridized carbons (Fsp3) is 0.391. The lowest BCUT2D eigenvalue weighted by atomic mass is 10.1.